The molecule has 1 fully saturated rings. The van der Waals surface area contributed by atoms with Crippen molar-refractivity contribution >= 4 is 29.1 Å². The van der Waals surface area contributed by atoms with Crippen LogP contribution in [0.1, 0.15) is 33.8 Å². The normalized spacial score (nSPS) is 20.1. The van der Waals surface area contributed by atoms with E-state index >= 15 is 0 Å². The number of hydrogen-bond donors (Lipinski definition) is 1. The number of nitrogens with one attached hydrogen (secondary N) is 1. The minimum Gasteiger partial charge on any atom is -0.338 e. The lowest BCUT2D eigenvalue weighted by Crippen LogP contribution is -2.49. The van der Waals surface area contributed by atoms with Gasteiger partial charge in [-0.2, -0.15) is 13.2 Å². The minimum atomic E-state index is -4.62. The quantitative estimate of drug-likeness (QED) is 0.722. The SMILES string of the molecule is CN(C(=O)c1ccc(Cl)c(C(F)(F)F)c1)[C@@H]1CCNC[C@H]1c1ccc(Cl)cc1. The summed E-state index contributed by atoms with van der Waals surface area (Å²) in [5.41, 5.74) is -0.0195. The van der Waals surface area contributed by atoms with Crippen molar-refractivity contribution in [3.05, 3.63) is 69.2 Å². The van der Waals surface area contributed by atoms with E-state index in [9.17, 15) is 18.0 Å². The maximum atomic E-state index is 13.1. The fraction of sp³-hybridized carbons (Fsp3) is 0.350. The molecule has 1 aliphatic heterocycles. The molecule has 0 radical (unpaired) electrons. The zero-order valence-corrected chi connectivity index (χ0v) is 16.6. The first kappa shape index (κ1) is 21.0. The number of hydrogen-bond acceptors (Lipinski definition) is 2. The lowest BCUT2D eigenvalue weighted by molar-refractivity contribution is -0.137. The van der Waals surface area contributed by atoms with E-state index in [0.717, 1.165) is 24.2 Å². The molecule has 2 atom stereocenters. The number of benzene rings is 2. The van der Waals surface area contributed by atoms with E-state index in [1.165, 1.54) is 11.0 Å². The standard InChI is InChI=1S/C20H19Cl2F3N2O/c1-27(19(28)13-4-7-17(22)16(10-13)20(23,24)25)18-8-9-26-11-15(18)12-2-5-14(21)6-3-12/h2-7,10,15,18,26H,8-9,11H2,1H3/t15-,18+/m0/s1. The van der Waals surface area contributed by atoms with Gasteiger partial charge in [0.1, 0.15) is 0 Å². The smallest absolute Gasteiger partial charge is 0.338 e. The highest BCUT2D eigenvalue weighted by Crippen LogP contribution is 2.36. The summed E-state index contributed by atoms with van der Waals surface area (Å²) < 4.78 is 39.4. The molecular formula is C20H19Cl2F3N2O. The fourth-order valence-electron chi connectivity index (χ4n) is 3.59. The Morgan fingerprint density at radius 2 is 1.82 bits per heavy atom. The van der Waals surface area contributed by atoms with Gasteiger partial charge in [0.25, 0.3) is 5.91 Å². The van der Waals surface area contributed by atoms with Gasteiger partial charge in [-0.1, -0.05) is 35.3 Å². The van der Waals surface area contributed by atoms with Crippen LogP contribution in [-0.4, -0.2) is 37.0 Å². The second kappa shape index (κ2) is 8.31. The van der Waals surface area contributed by atoms with Gasteiger partial charge in [-0.15, -0.1) is 0 Å². The fourth-order valence-corrected chi connectivity index (χ4v) is 3.94. The summed E-state index contributed by atoms with van der Waals surface area (Å²) in [7, 11) is 1.63. The molecule has 1 amide bonds. The molecule has 1 aliphatic rings. The first-order chi connectivity index (χ1) is 13.2. The van der Waals surface area contributed by atoms with E-state index in [0.29, 0.717) is 18.0 Å². The van der Waals surface area contributed by atoms with Crippen molar-refractivity contribution in [2.45, 2.75) is 24.6 Å². The first-order valence-electron chi connectivity index (χ1n) is 8.78. The molecule has 2 aromatic rings. The highest BCUT2D eigenvalue weighted by Gasteiger charge is 2.36. The van der Waals surface area contributed by atoms with Gasteiger partial charge in [0.05, 0.1) is 10.6 Å². The summed E-state index contributed by atoms with van der Waals surface area (Å²) in [4.78, 5) is 14.5. The van der Waals surface area contributed by atoms with Crippen LogP contribution in [-0.2, 0) is 6.18 Å². The number of carbonyl (C=O) groups excluding carboxylic acids is 1. The number of rotatable bonds is 3. The second-order valence-corrected chi connectivity index (χ2v) is 7.67. The van der Waals surface area contributed by atoms with E-state index in [1.807, 2.05) is 12.1 Å². The third-order valence-electron chi connectivity index (χ3n) is 5.08. The lowest BCUT2D eigenvalue weighted by Gasteiger charge is -2.39. The molecule has 1 heterocycles. The van der Waals surface area contributed by atoms with Crippen molar-refractivity contribution in [3.8, 4) is 0 Å². The molecule has 0 aromatic heterocycles. The predicted molar refractivity (Wildman–Crippen MR) is 104 cm³/mol. The molecule has 0 spiro atoms. The van der Waals surface area contributed by atoms with Gasteiger partial charge in [0.15, 0.2) is 0 Å². The monoisotopic (exact) mass is 430 g/mol. The molecule has 8 heteroatoms. The number of piperidine rings is 1. The lowest BCUT2D eigenvalue weighted by atomic mass is 9.85. The maximum absolute atomic E-state index is 13.1. The average molecular weight is 431 g/mol. The van der Waals surface area contributed by atoms with Crippen molar-refractivity contribution in [2.75, 3.05) is 20.1 Å². The van der Waals surface area contributed by atoms with Crippen LogP contribution in [0.3, 0.4) is 0 Å². The van der Waals surface area contributed by atoms with Gasteiger partial charge in [-0.3, -0.25) is 4.79 Å². The molecule has 0 bridgehead atoms. The van der Waals surface area contributed by atoms with Gasteiger partial charge in [-0.05, 0) is 48.9 Å². The van der Waals surface area contributed by atoms with E-state index in [4.69, 9.17) is 23.2 Å². The third kappa shape index (κ3) is 4.45. The van der Waals surface area contributed by atoms with Crippen LogP contribution in [0.4, 0.5) is 13.2 Å². The minimum absolute atomic E-state index is 0.00866. The number of nitrogens with zero attached hydrogens (tertiary/aromatic N) is 1. The Morgan fingerprint density at radius 3 is 2.46 bits per heavy atom. The number of carbonyl (C=O) groups is 1. The zero-order valence-electron chi connectivity index (χ0n) is 15.1. The Bertz CT molecular complexity index is 856. The molecular weight excluding hydrogens is 412 g/mol. The van der Waals surface area contributed by atoms with Crippen LogP contribution >= 0.6 is 23.2 Å². The number of likely N-dealkylation sites (N-methyl/N-ethyl adjacent to an activating group) is 1. The molecule has 28 heavy (non-hydrogen) atoms. The first-order valence-corrected chi connectivity index (χ1v) is 9.54. The molecule has 3 nitrogen and oxygen atoms in total. The van der Waals surface area contributed by atoms with Crippen LogP contribution in [0.15, 0.2) is 42.5 Å². The molecule has 3 rings (SSSR count). The van der Waals surface area contributed by atoms with Crippen molar-refractivity contribution in [2.24, 2.45) is 0 Å². The molecule has 0 saturated carbocycles. The largest absolute Gasteiger partial charge is 0.417 e. The van der Waals surface area contributed by atoms with Gasteiger partial charge >= 0.3 is 6.18 Å². The van der Waals surface area contributed by atoms with Crippen molar-refractivity contribution in [3.63, 3.8) is 0 Å². The van der Waals surface area contributed by atoms with E-state index in [1.54, 1.807) is 19.2 Å². The van der Waals surface area contributed by atoms with Gasteiger partial charge in [-0.25, -0.2) is 0 Å². The van der Waals surface area contributed by atoms with E-state index < -0.39 is 22.7 Å². The molecule has 0 aliphatic carbocycles. The Hall–Kier alpha value is -1.76. The van der Waals surface area contributed by atoms with E-state index in [2.05, 4.69) is 5.32 Å². The molecule has 150 valence electrons. The highest BCUT2D eigenvalue weighted by molar-refractivity contribution is 6.31. The summed E-state index contributed by atoms with van der Waals surface area (Å²) >= 11 is 11.6. The van der Waals surface area contributed by atoms with Crippen molar-refractivity contribution in [1.82, 2.24) is 10.2 Å². The third-order valence-corrected chi connectivity index (χ3v) is 5.66. The van der Waals surface area contributed by atoms with Gasteiger partial charge in [0.2, 0.25) is 0 Å². The number of halogens is 5. The average Bonchev–Trinajstić information content (AvgIpc) is 2.67. The topological polar surface area (TPSA) is 32.3 Å². The van der Waals surface area contributed by atoms with Crippen LogP contribution in [0.5, 0.6) is 0 Å². The molecule has 1 saturated heterocycles. The van der Waals surface area contributed by atoms with E-state index in [-0.39, 0.29) is 17.5 Å². The van der Waals surface area contributed by atoms with Crippen LogP contribution in [0, 0.1) is 0 Å². The van der Waals surface area contributed by atoms with Crippen LogP contribution < -0.4 is 5.32 Å². The summed E-state index contributed by atoms with van der Waals surface area (Å²) in [5, 5.41) is 3.51. The zero-order chi connectivity index (χ0) is 20.5. The Kier molecular flexibility index (Phi) is 6.22. The summed E-state index contributed by atoms with van der Waals surface area (Å²) in [6.45, 7) is 1.39. The number of amides is 1. The Morgan fingerprint density at radius 1 is 1.14 bits per heavy atom. The summed E-state index contributed by atoms with van der Waals surface area (Å²) in [6.07, 6.45) is -3.93. The van der Waals surface area contributed by atoms with Gasteiger partial charge < -0.3 is 10.2 Å². The molecule has 2 aromatic carbocycles. The van der Waals surface area contributed by atoms with Crippen LogP contribution in [0.25, 0.3) is 0 Å². The molecule has 0 unspecified atom stereocenters. The Balaban J connectivity index is 1.88. The molecule has 1 N–H and O–H groups in total. The van der Waals surface area contributed by atoms with Gasteiger partial charge in [0, 0.05) is 36.1 Å². The van der Waals surface area contributed by atoms with Crippen molar-refractivity contribution < 1.29 is 18.0 Å². The number of alkyl halides is 3. The predicted octanol–water partition coefficient (Wildman–Crippen LogP) is 5.23. The van der Waals surface area contributed by atoms with Crippen molar-refractivity contribution in [1.29, 1.82) is 0 Å². The van der Waals surface area contributed by atoms with Crippen LogP contribution in [0.2, 0.25) is 10.0 Å². The summed E-state index contributed by atoms with van der Waals surface area (Å²) in [6, 6.07) is 10.5. The Labute approximate surface area is 171 Å². The maximum Gasteiger partial charge on any atom is 0.417 e. The summed E-state index contributed by atoms with van der Waals surface area (Å²) in [5.74, 6) is -0.456. The highest BCUT2D eigenvalue weighted by atomic mass is 35.5. The second-order valence-electron chi connectivity index (χ2n) is 6.83.